The van der Waals surface area contributed by atoms with Crippen molar-refractivity contribution < 1.29 is 37.7 Å². The molecule has 0 radical (unpaired) electrons. The molecule has 0 amide bonds. The summed E-state index contributed by atoms with van der Waals surface area (Å²) >= 11 is 0. The second-order valence-corrected chi connectivity index (χ2v) is 11.4. The molecule has 3 aromatic rings. The van der Waals surface area contributed by atoms with E-state index >= 15 is 0 Å². The van der Waals surface area contributed by atoms with E-state index in [0.717, 1.165) is 35.4 Å². The minimum absolute atomic E-state index is 0.0770. The van der Waals surface area contributed by atoms with Gasteiger partial charge in [-0.1, -0.05) is 90.0 Å². The van der Waals surface area contributed by atoms with Crippen molar-refractivity contribution in [2.24, 2.45) is 0 Å². The van der Waals surface area contributed by atoms with E-state index in [-0.39, 0.29) is 17.4 Å². The monoisotopic (exact) mass is 634 g/mol. The largest absolute Gasteiger partial charge is 0.494 e. The number of hydrogen-bond donors (Lipinski definition) is 0. The predicted molar refractivity (Wildman–Crippen MR) is 177 cm³/mol. The SMILES string of the molecule is CCCCCCCCCCOc1ccc(-c2ccc(C(=O)Oc3ccc(C(=O)O[C@@H](C)C(=O)OC(CC)CC)c(F)c3)cc2)cc1. The Bertz CT molecular complexity index is 1380. The summed E-state index contributed by atoms with van der Waals surface area (Å²) in [7, 11) is 0. The minimum Gasteiger partial charge on any atom is -0.494 e. The molecule has 0 fully saturated rings. The number of unbranched alkanes of at least 4 members (excludes halogenated alkanes) is 7. The molecule has 0 aliphatic carbocycles. The fourth-order valence-corrected chi connectivity index (χ4v) is 4.85. The lowest BCUT2D eigenvalue weighted by Gasteiger charge is -2.18. The maximum absolute atomic E-state index is 14.7. The van der Waals surface area contributed by atoms with Crippen molar-refractivity contribution in [1.82, 2.24) is 0 Å². The minimum atomic E-state index is -1.20. The topological polar surface area (TPSA) is 88.1 Å². The third-order valence-corrected chi connectivity index (χ3v) is 7.76. The average Bonchev–Trinajstić information content (AvgIpc) is 3.06. The van der Waals surface area contributed by atoms with E-state index < -0.39 is 35.4 Å². The quantitative estimate of drug-likeness (QED) is 0.0737. The predicted octanol–water partition coefficient (Wildman–Crippen LogP) is 9.51. The van der Waals surface area contributed by atoms with Crippen LogP contribution < -0.4 is 9.47 Å². The molecule has 0 heterocycles. The van der Waals surface area contributed by atoms with Gasteiger partial charge in [0.15, 0.2) is 6.10 Å². The number of halogens is 1. The van der Waals surface area contributed by atoms with Crippen molar-refractivity contribution in [2.75, 3.05) is 6.61 Å². The van der Waals surface area contributed by atoms with E-state index in [4.69, 9.17) is 18.9 Å². The second-order valence-electron chi connectivity index (χ2n) is 11.4. The molecule has 0 saturated carbocycles. The van der Waals surface area contributed by atoms with E-state index in [0.29, 0.717) is 19.4 Å². The van der Waals surface area contributed by atoms with Crippen LogP contribution in [0.25, 0.3) is 11.1 Å². The molecule has 3 rings (SSSR count). The van der Waals surface area contributed by atoms with Gasteiger partial charge in [0.25, 0.3) is 0 Å². The van der Waals surface area contributed by atoms with Crippen LogP contribution in [-0.4, -0.2) is 36.7 Å². The Hall–Kier alpha value is -4.20. The highest BCUT2D eigenvalue weighted by Gasteiger charge is 2.24. The number of rotatable bonds is 19. The van der Waals surface area contributed by atoms with Crippen molar-refractivity contribution in [3.8, 4) is 22.6 Å². The van der Waals surface area contributed by atoms with Crippen LogP contribution in [0.3, 0.4) is 0 Å². The number of hydrogen-bond acceptors (Lipinski definition) is 7. The standard InChI is InChI=1S/C38H47FO7/c1-5-8-9-10-11-12-13-14-25-43-32-21-19-29(20-22-32)28-15-17-30(18-16-28)37(41)46-33-23-24-34(35(39)26-33)38(42)44-27(4)36(40)45-31(6-2)7-3/h15-24,26-27,31H,5-14,25H2,1-4H3/t27-/m0/s1. The number of ether oxygens (including phenoxy) is 4. The third kappa shape index (κ3) is 11.6. The van der Waals surface area contributed by atoms with Crippen LogP contribution in [0.2, 0.25) is 0 Å². The van der Waals surface area contributed by atoms with E-state index in [2.05, 4.69) is 6.92 Å². The molecule has 248 valence electrons. The fraction of sp³-hybridized carbons (Fsp3) is 0.447. The summed E-state index contributed by atoms with van der Waals surface area (Å²) < 4.78 is 36.3. The maximum atomic E-state index is 14.7. The van der Waals surface area contributed by atoms with Crippen LogP contribution in [0.15, 0.2) is 66.7 Å². The van der Waals surface area contributed by atoms with Gasteiger partial charge >= 0.3 is 17.9 Å². The summed E-state index contributed by atoms with van der Waals surface area (Å²) in [6, 6.07) is 18.1. The van der Waals surface area contributed by atoms with Crippen molar-refractivity contribution in [2.45, 2.75) is 104 Å². The molecule has 0 N–H and O–H groups in total. The molecule has 46 heavy (non-hydrogen) atoms. The van der Waals surface area contributed by atoms with Crippen LogP contribution >= 0.6 is 0 Å². The first-order chi connectivity index (χ1) is 22.2. The lowest BCUT2D eigenvalue weighted by molar-refractivity contribution is -0.158. The normalized spacial score (nSPS) is 11.6. The van der Waals surface area contributed by atoms with Crippen molar-refractivity contribution in [1.29, 1.82) is 0 Å². The smallest absolute Gasteiger partial charge is 0.347 e. The van der Waals surface area contributed by atoms with E-state index in [1.165, 1.54) is 57.9 Å². The van der Waals surface area contributed by atoms with E-state index in [1.807, 2.05) is 50.2 Å². The van der Waals surface area contributed by atoms with Gasteiger partial charge in [0.2, 0.25) is 0 Å². The zero-order chi connectivity index (χ0) is 33.3. The molecule has 3 aromatic carbocycles. The van der Waals surface area contributed by atoms with Crippen LogP contribution in [0, 0.1) is 5.82 Å². The summed E-state index contributed by atoms with van der Waals surface area (Å²) in [6.07, 6.45) is 9.84. The van der Waals surface area contributed by atoms with Gasteiger partial charge in [0.05, 0.1) is 17.7 Å². The summed E-state index contributed by atoms with van der Waals surface area (Å²) in [5.74, 6) is -2.60. The van der Waals surface area contributed by atoms with Gasteiger partial charge in [-0.15, -0.1) is 0 Å². The van der Waals surface area contributed by atoms with Gasteiger partial charge in [0.1, 0.15) is 23.4 Å². The molecule has 0 unspecified atom stereocenters. The molecule has 0 aliphatic heterocycles. The molecule has 0 saturated heterocycles. The Morgan fingerprint density at radius 3 is 1.83 bits per heavy atom. The van der Waals surface area contributed by atoms with Gasteiger partial charge < -0.3 is 18.9 Å². The van der Waals surface area contributed by atoms with E-state index in [9.17, 15) is 18.8 Å². The van der Waals surface area contributed by atoms with Crippen molar-refractivity contribution >= 4 is 17.9 Å². The molecule has 0 aromatic heterocycles. The van der Waals surface area contributed by atoms with E-state index in [1.54, 1.807) is 12.1 Å². The maximum Gasteiger partial charge on any atom is 0.347 e. The molecule has 0 aliphatic rings. The lowest BCUT2D eigenvalue weighted by Crippen LogP contribution is -2.30. The Balaban J connectivity index is 1.47. The van der Waals surface area contributed by atoms with Crippen LogP contribution in [0.1, 0.15) is 113 Å². The van der Waals surface area contributed by atoms with Gasteiger partial charge in [-0.3, -0.25) is 0 Å². The third-order valence-electron chi connectivity index (χ3n) is 7.76. The highest BCUT2D eigenvalue weighted by molar-refractivity contribution is 5.93. The highest BCUT2D eigenvalue weighted by Crippen LogP contribution is 2.24. The zero-order valence-corrected chi connectivity index (χ0v) is 27.5. The zero-order valence-electron chi connectivity index (χ0n) is 27.5. The van der Waals surface area contributed by atoms with Gasteiger partial charge in [-0.2, -0.15) is 0 Å². The van der Waals surface area contributed by atoms with Gasteiger partial charge in [-0.05, 0) is 73.7 Å². The highest BCUT2D eigenvalue weighted by atomic mass is 19.1. The molecular formula is C38H47FO7. The summed E-state index contributed by atoms with van der Waals surface area (Å²) in [6.45, 7) is 8.07. The molecule has 0 spiro atoms. The first-order valence-electron chi connectivity index (χ1n) is 16.5. The first-order valence-corrected chi connectivity index (χ1v) is 16.5. The number of carbonyl (C=O) groups is 3. The Morgan fingerprint density at radius 1 is 0.674 bits per heavy atom. The molecule has 0 bridgehead atoms. The van der Waals surface area contributed by atoms with Crippen molar-refractivity contribution in [3.63, 3.8) is 0 Å². The molecule has 1 atom stereocenters. The Morgan fingerprint density at radius 2 is 1.24 bits per heavy atom. The van der Waals surface area contributed by atoms with Crippen molar-refractivity contribution in [3.05, 3.63) is 83.7 Å². The average molecular weight is 635 g/mol. The van der Waals surface area contributed by atoms with Gasteiger partial charge in [-0.25, -0.2) is 18.8 Å². The molecule has 7 nitrogen and oxygen atoms in total. The number of carbonyl (C=O) groups excluding carboxylic acids is 3. The Labute approximate surface area is 272 Å². The van der Waals surface area contributed by atoms with Crippen LogP contribution in [0.5, 0.6) is 11.5 Å². The van der Waals surface area contributed by atoms with Gasteiger partial charge in [0, 0.05) is 6.07 Å². The Kier molecular flexibility index (Phi) is 15.3. The first kappa shape index (κ1) is 36.3. The second kappa shape index (κ2) is 19.3. The molecule has 8 heteroatoms. The lowest BCUT2D eigenvalue weighted by atomic mass is 10.0. The fourth-order valence-electron chi connectivity index (χ4n) is 4.85. The summed E-state index contributed by atoms with van der Waals surface area (Å²) in [5.41, 5.74) is 1.78. The summed E-state index contributed by atoms with van der Waals surface area (Å²) in [5, 5.41) is 0. The number of benzene rings is 3. The van der Waals surface area contributed by atoms with Crippen LogP contribution in [0.4, 0.5) is 4.39 Å². The summed E-state index contributed by atoms with van der Waals surface area (Å²) in [4.78, 5) is 37.4. The van der Waals surface area contributed by atoms with Crippen LogP contribution in [-0.2, 0) is 14.3 Å². The molecular weight excluding hydrogens is 587 g/mol. The number of esters is 3.